The van der Waals surface area contributed by atoms with Crippen molar-refractivity contribution in [2.75, 3.05) is 0 Å². The highest BCUT2D eigenvalue weighted by Gasteiger charge is 2.27. The average molecular weight is 865 g/mol. The number of benzene rings is 10. The van der Waals surface area contributed by atoms with Crippen LogP contribution in [0.2, 0.25) is 0 Å². The Morgan fingerprint density at radius 3 is 0.632 bits per heavy atom. The summed E-state index contributed by atoms with van der Waals surface area (Å²) < 4.78 is 9.18. The van der Waals surface area contributed by atoms with E-state index in [1.165, 1.54) is 0 Å². The molecule has 0 saturated carbocycles. The predicted octanol–water partition coefficient (Wildman–Crippen LogP) is 15.5. The molecule has 6 heteroatoms. The molecule has 0 aliphatic heterocycles. The van der Waals surface area contributed by atoms with Gasteiger partial charge in [0.15, 0.2) is 0 Å². The molecule has 0 atom stereocenters. The molecule has 68 heavy (non-hydrogen) atoms. The number of hydrogen-bond acceptors (Lipinski definition) is 2. The number of fused-ring (bicyclic) bond motifs is 12. The minimum Gasteiger partial charge on any atom is -0.309 e. The highest BCUT2D eigenvalue weighted by Crippen LogP contribution is 2.46. The smallest absolute Gasteiger partial charge is 0.101 e. The summed E-state index contributed by atoms with van der Waals surface area (Å²) in [4.78, 5) is 0. The van der Waals surface area contributed by atoms with Gasteiger partial charge < -0.3 is 18.3 Å². The van der Waals surface area contributed by atoms with Crippen molar-refractivity contribution in [1.29, 1.82) is 10.5 Å². The van der Waals surface area contributed by atoms with Gasteiger partial charge in [0.2, 0.25) is 0 Å². The maximum atomic E-state index is 11.5. The van der Waals surface area contributed by atoms with Crippen LogP contribution in [0.3, 0.4) is 0 Å². The van der Waals surface area contributed by atoms with Gasteiger partial charge >= 0.3 is 0 Å². The van der Waals surface area contributed by atoms with Crippen LogP contribution in [0.15, 0.2) is 218 Å². The molecule has 14 aromatic rings. The molecule has 0 aliphatic carbocycles. The summed E-state index contributed by atoms with van der Waals surface area (Å²) in [6, 6.07) is 81.8. The van der Waals surface area contributed by atoms with Gasteiger partial charge in [0, 0.05) is 54.2 Å². The molecule has 4 aromatic heterocycles. The van der Waals surface area contributed by atoms with E-state index in [4.69, 9.17) is 0 Å². The fourth-order valence-electron chi connectivity index (χ4n) is 11.2. The van der Waals surface area contributed by atoms with E-state index >= 15 is 0 Å². The second-order valence-electron chi connectivity index (χ2n) is 17.5. The van der Waals surface area contributed by atoms with Crippen LogP contribution in [-0.2, 0) is 0 Å². The molecular weight excluding hydrogens is 829 g/mol. The first-order valence-electron chi connectivity index (χ1n) is 22.8. The van der Waals surface area contributed by atoms with Crippen LogP contribution in [0.25, 0.3) is 121 Å². The van der Waals surface area contributed by atoms with Crippen molar-refractivity contribution < 1.29 is 0 Å². The molecule has 10 aromatic carbocycles. The molecule has 4 heterocycles. The molecule has 0 amide bonds. The van der Waals surface area contributed by atoms with Crippen LogP contribution in [0, 0.1) is 22.7 Å². The summed E-state index contributed by atoms with van der Waals surface area (Å²) in [6.07, 6.45) is 0. The third-order valence-electron chi connectivity index (χ3n) is 14.0. The molecule has 0 N–H and O–H groups in total. The van der Waals surface area contributed by atoms with Crippen LogP contribution in [0.5, 0.6) is 0 Å². The Hall–Kier alpha value is -9.62. The molecule has 0 bridgehead atoms. The van der Waals surface area contributed by atoms with Crippen LogP contribution in [0.4, 0.5) is 0 Å². The Balaban J connectivity index is 1.19. The van der Waals surface area contributed by atoms with Crippen molar-refractivity contribution in [2.45, 2.75) is 0 Å². The van der Waals surface area contributed by atoms with Gasteiger partial charge in [-0.1, -0.05) is 146 Å². The largest absolute Gasteiger partial charge is 0.309 e. The number of aromatic nitrogens is 4. The average Bonchev–Trinajstić information content (AvgIpc) is 4.13. The Bertz CT molecular complexity index is 4030. The van der Waals surface area contributed by atoms with Gasteiger partial charge in [-0.15, -0.1) is 0 Å². The zero-order valence-electron chi connectivity index (χ0n) is 36.5. The molecule has 314 valence electrons. The van der Waals surface area contributed by atoms with Crippen molar-refractivity contribution in [3.05, 3.63) is 230 Å². The zero-order valence-corrected chi connectivity index (χ0v) is 36.5. The van der Waals surface area contributed by atoms with Gasteiger partial charge in [-0.05, 0) is 72.8 Å². The van der Waals surface area contributed by atoms with Crippen LogP contribution >= 0.6 is 0 Å². The van der Waals surface area contributed by atoms with E-state index < -0.39 is 0 Å². The highest BCUT2D eigenvalue weighted by atomic mass is 15.0. The summed E-state index contributed by atoms with van der Waals surface area (Å²) in [5.41, 5.74) is 14.2. The Labute approximate surface area is 389 Å². The lowest BCUT2D eigenvalue weighted by Crippen LogP contribution is -2.07. The van der Waals surface area contributed by atoms with Gasteiger partial charge in [-0.25, -0.2) is 0 Å². The lowest BCUT2D eigenvalue weighted by atomic mass is 9.94. The number of nitrogens with zero attached hydrogens (tertiary/aromatic N) is 6. The van der Waals surface area contributed by atoms with Gasteiger partial charge in [-0.3, -0.25) is 0 Å². The van der Waals surface area contributed by atoms with Crippen molar-refractivity contribution >= 4 is 87.2 Å². The first kappa shape index (κ1) is 37.7. The third-order valence-corrected chi connectivity index (χ3v) is 14.0. The Kier molecular flexibility index (Phi) is 8.01. The number of hydrogen-bond donors (Lipinski definition) is 0. The van der Waals surface area contributed by atoms with Crippen molar-refractivity contribution in [3.63, 3.8) is 0 Å². The van der Waals surface area contributed by atoms with Gasteiger partial charge in [0.05, 0.1) is 78.0 Å². The van der Waals surface area contributed by atoms with E-state index in [1.54, 1.807) is 0 Å². The number of para-hydroxylation sites is 8. The molecule has 6 nitrogen and oxygen atoms in total. The maximum absolute atomic E-state index is 11.5. The van der Waals surface area contributed by atoms with E-state index in [0.29, 0.717) is 11.1 Å². The summed E-state index contributed by atoms with van der Waals surface area (Å²) in [6.45, 7) is 0. The predicted molar refractivity (Wildman–Crippen MR) is 279 cm³/mol. The van der Waals surface area contributed by atoms with E-state index in [0.717, 1.165) is 121 Å². The maximum Gasteiger partial charge on any atom is 0.101 e. The van der Waals surface area contributed by atoms with E-state index in [2.05, 4.69) is 249 Å². The molecule has 0 unspecified atom stereocenters. The lowest BCUT2D eigenvalue weighted by molar-refractivity contribution is 1.11. The minimum absolute atomic E-state index is 0.508. The number of nitriles is 2. The molecule has 0 spiro atoms. The fourth-order valence-corrected chi connectivity index (χ4v) is 11.2. The SMILES string of the molecule is N#Cc1cc(-c2cc(C#N)c(-n3c4ccccc4c4ccccc43)cc2-n2c3ccccc3c3ccccc32)c(-n2c3ccccc3c3ccccc32)cc1-n1c2ccccc2c2ccccc21. The van der Waals surface area contributed by atoms with E-state index in [-0.39, 0.29) is 0 Å². The summed E-state index contributed by atoms with van der Waals surface area (Å²) >= 11 is 0. The summed E-state index contributed by atoms with van der Waals surface area (Å²) in [5.74, 6) is 0. The van der Waals surface area contributed by atoms with E-state index in [1.807, 2.05) is 0 Å². The molecule has 0 aliphatic rings. The fraction of sp³-hybridized carbons (Fsp3) is 0. The second-order valence-corrected chi connectivity index (χ2v) is 17.5. The molecular formula is C62H36N6. The van der Waals surface area contributed by atoms with Gasteiger partial charge in [0.25, 0.3) is 0 Å². The van der Waals surface area contributed by atoms with Crippen LogP contribution < -0.4 is 0 Å². The molecule has 0 saturated heterocycles. The quantitative estimate of drug-likeness (QED) is 0.173. The van der Waals surface area contributed by atoms with Gasteiger partial charge in [-0.2, -0.15) is 10.5 Å². The topological polar surface area (TPSA) is 67.3 Å². The standard InChI is InChI=1S/C62H36N6/c63-37-39-33-49(61(67-55-29-13-5-21-45(55)46-22-6-14-30-56(46)67)35-59(39)65-51-25-9-1-17-41(51)42-18-2-10-26-52(42)65)50-34-40(38-64)60(66-53-27-11-3-19-43(53)44-20-4-12-28-54(44)66)36-62(50)68-57-31-15-7-23-47(57)48-24-8-16-32-58(48)68/h1-36H. The Morgan fingerprint density at radius 1 is 0.235 bits per heavy atom. The second kappa shape index (κ2) is 14.4. The van der Waals surface area contributed by atoms with Crippen molar-refractivity contribution in [2.24, 2.45) is 0 Å². The van der Waals surface area contributed by atoms with Crippen molar-refractivity contribution in [1.82, 2.24) is 18.3 Å². The summed E-state index contributed by atoms with van der Waals surface area (Å²) in [5, 5.41) is 31.9. The molecule has 0 radical (unpaired) electrons. The third kappa shape index (κ3) is 5.20. The monoisotopic (exact) mass is 864 g/mol. The van der Waals surface area contributed by atoms with E-state index in [9.17, 15) is 10.5 Å². The highest BCUT2D eigenvalue weighted by molar-refractivity contribution is 6.14. The molecule has 0 fully saturated rings. The Morgan fingerprint density at radius 2 is 0.426 bits per heavy atom. The number of rotatable bonds is 5. The van der Waals surface area contributed by atoms with Crippen LogP contribution in [0.1, 0.15) is 11.1 Å². The normalized spacial score (nSPS) is 11.8. The first-order valence-corrected chi connectivity index (χ1v) is 22.8. The summed E-state index contributed by atoms with van der Waals surface area (Å²) in [7, 11) is 0. The zero-order chi connectivity index (χ0) is 45.0. The lowest BCUT2D eigenvalue weighted by Gasteiger charge is -2.23. The first-order chi connectivity index (χ1) is 33.7. The van der Waals surface area contributed by atoms with Crippen molar-refractivity contribution in [3.8, 4) is 46.0 Å². The van der Waals surface area contributed by atoms with Crippen LogP contribution in [-0.4, -0.2) is 18.3 Å². The molecule has 14 rings (SSSR count). The minimum atomic E-state index is 0.508. The van der Waals surface area contributed by atoms with Gasteiger partial charge in [0.1, 0.15) is 12.1 Å².